The summed E-state index contributed by atoms with van der Waals surface area (Å²) in [5.74, 6) is 1.09. The van der Waals surface area contributed by atoms with Gasteiger partial charge in [-0.05, 0) is 57.1 Å². The lowest BCUT2D eigenvalue weighted by atomic mass is 9.97. The van der Waals surface area contributed by atoms with Gasteiger partial charge in [-0.15, -0.1) is 0 Å². The Balaban J connectivity index is 1.60. The fourth-order valence-electron chi connectivity index (χ4n) is 4.04. The molecular weight excluding hydrogens is 438 g/mol. The largest absolute Gasteiger partial charge is 0.326 e. The van der Waals surface area contributed by atoms with Gasteiger partial charge in [-0.25, -0.2) is 15.0 Å². The number of nitrogens with zero attached hydrogens (tertiary/aromatic N) is 3. The standard InChI is InChI=1S/C27H29N7O/c1-2-18(17-28)23(29)12-15-31-26-22-8-3-4-9-24(22)33-25(34-26)20-6-5-7-21(16-20)32-27(35)19-10-13-30-14-11-19/h2-9,15-17,19,28-30H,10-14H2,1H3,(H,32,35)/b18-2-,28-17?,29-23?,31-15?. The summed E-state index contributed by atoms with van der Waals surface area (Å²) in [5, 5.41) is 22.7. The Hall–Kier alpha value is -4.04. The van der Waals surface area contributed by atoms with Crippen LogP contribution in [0.1, 0.15) is 26.2 Å². The van der Waals surface area contributed by atoms with E-state index in [1.54, 1.807) is 19.2 Å². The van der Waals surface area contributed by atoms with Crippen molar-refractivity contribution in [2.45, 2.75) is 26.2 Å². The predicted molar refractivity (Wildman–Crippen MR) is 142 cm³/mol. The van der Waals surface area contributed by atoms with Crippen molar-refractivity contribution in [1.29, 1.82) is 10.8 Å². The maximum atomic E-state index is 12.7. The average Bonchev–Trinajstić information content (AvgIpc) is 2.90. The van der Waals surface area contributed by atoms with Crippen LogP contribution in [0, 0.1) is 16.7 Å². The molecule has 0 aliphatic carbocycles. The Bertz CT molecular complexity index is 1310. The molecule has 1 aliphatic heterocycles. The molecule has 4 N–H and O–H groups in total. The van der Waals surface area contributed by atoms with E-state index in [1.165, 1.54) is 6.21 Å². The molecule has 4 rings (SSSR count). The first kappa shape index (κ1) is 24.1. The summed E-state index contributed by atoms with van der Waals surface area (Å²) in [5.41, 5.74) is 3.14. The highest BCUT2D eigenvalue weighted by atomic mass is 16.1. The number of fused-ring (bicyclic) bond motifs is 1. The van der Waals surface area contributed by atoms with Crippen LogP contribution in [0.3, 0.4) is 0 Å². The van der Waals surface area contributed by atoms with Crippen LogP contribution in [-0.4, -0.2) is 47.1 Å². The minimum absolute atomic E-state index is 0.0206. The van der Waals surface area contributed by atoms with Crippen LogP contribution in [0.4, 0.5) is 11.5 Å². The maximum absolute atomic E-state index is 12.7. The van der Waals surface area contributed by atoms with Crippen LogP contribution in [0.25, 0.3) is 22.3 Å². The van der Waals surface area contributed by atoms with Gasteiger partial charge < -0.3 is 21.5 Å². The van der Waals surface area contributed by atoms with Crippen molar-refractivity contribution in [2.75, 3.05) is 18.4 Å². The van der Waals surface area contributed by atoms with Gasteiger partial charge in [0.15, 0.2) is 11.6 Å². The molecule has 2 aromatic carbocycles. The summed E-state index contributed by atoms with van der Waals surface area (Å²) in [6.07, 6.45) is 6.52. The van der Waals surface area contributed by atoms with E-state index in [0.717, 1.165) is 42.4 Å². The van der Waals surface area contributed by atoms with Crippen molar-refractivity contribution in [1.82, 2.24) is 15.3 Å². The fourth-order valence-corrected chi connectivity index (χ4v) is 4.04. The number of amides is 1. The van der Waals surface area contributed by atoms with Crippen LogP contribution in [0.5, 0.6) is 0 Å². The van der Waals surface area contributed by atoms with Gasteiger partial charge in [-0.2, -0.15) is 0 Å². The van der Waals surface area contributed by atoms with Gasteiger partial charge in [0.1, 0.15) is 0 Å². The summed E-state index contributed by atoms with van der Waals surface area (Å²) in [6, 6.07) is 15.2. The lowest BCUT2D eigenvalue weighted by Crippen LogP contribution is -2.34. The molecule has 0 atom stereocenters. The number of aromatic nitrogens is 2. The highest BCUT2D eigenvalue weighted by Gasteiger charge is 2.21. The van der Waals surface area contributed by atoms with Crippen molar-refractivity contribution >= 4 is 46.5 Å². The average molecular weight is 468 g/mol. The molecule has 3 aromatic rings. The van der Waals surface area contributed by atoms with Crippen LogP contribution >= 0.6 is 0 Å². The maximum Gasteiger partial charge on any atom is 0.227 e. The zero-order valence-electron chi connectivity index (χ0n) is 19.7. The summed E-state index contributed by atoms with van der Waals surface area (Å²) in [4.78, 5) is 26.7. The van der Waals surface area contributed by atoms with E-state index >= 15 is 0 Å². The van der Waals surface area contributed by atoms with Crippen molar-refractivity contribution in [3.05, 3.63) is 60.2 Å². The van der Waals surface area contributed by atoms with E-state index in [4.69, 9.17) is 20.8 Å². The van der Waals surface area contributed by atoms with E-state index in [2.05, 4.69) is 15.6 Å². The van der Waals surface area contributed by atoms with E-state index in [9.17, 15) is 4.79 Å². The monoisotopic (exact) mass is 467 g/mol. The van der Waals surface area contributed by atoms with Gasteiger partial charge in [-0.3, -0.25) is 4.79 Å². The third kappa shape index (κ3) is 5.91. The second-order valence-corrected chi connectivity index (χ2v) is 8.37. The van der Waals surface area contributed by atoms with Crippen molar-refractivity contribution in [2.24, 2.45) is 10.9 Å². The van der Waals surface area contributed by atoms with Gasteiger partial charge in [0.05, 0.1) is 5.52 Å². The number of rotatable bonds is 8. The molecule has 1 amide bonds. The zero-order valence-corrected chi connectivity index (χ0v) is 19.7. The fraction of sp³-hybridized carbons (Fsp3) is 0.259. The topological polar surface area (TPSA) is 127 Å². The van der Waals surface area contributed by atoms with E-state index in [-0.39, 0.29) is 11.8 Å². The molecule has 0 radical (unpaired) electrons. The molecule has 8 heteroatoms. The van der Waals surface area contributed by atoms with Gasteiger partial charge in [0, 0.05) is 52.7 Å². The number of nitrogens with one attached hydrogen (secondary N) is 4. The van der Waals surface area contributed by atoms with Crippen molar-refractivity contribution in [3.8, 4) is 11.4 Å². The Morgan fingerprint density at radius 2 is 1.97 bits per heavy atom. The number of carbonyl (C=O) groups excluding carboxylic acids is 1. The molecule has 0 spiro atoms. The van der Waals surface area contributed by atoms with Gasteiger partial charge in [-0.1, -0.05) is 30.3 Å². The number of anilines is 1. The number of aliphatic imine (C=N–C) groups is 1. The minimum Gasteiger partial charge on any atom is -0.326 e. The summed E-state index contributed by atoms with van der Waals surface area (Å²) in [7, 11) is 0. The second-order valence-electron chi connectivity index (χ2n) is 8.37. The molecule has 0 bridgehead atoms. The number of carbonyl (C=O) groups is 1. The molecule has 1 aromatic heterocycles. The smallest absolute Gasteiger partial charge is 0.227 e. The van der Waals surface area contributed by atoms with Gasteiger partial charge >= 0.3 is 0 Å². The molecule has 0 saturated carbocycles. The van der Waals surface area contributed by atoms with E-state index in [1.807, 2.05) is 48.5 Å². The molecule has 2 heterocycles. The Morgan fingerprint density at radius 3 is 2.74 bits per heavy atom. The molecule has 1 aliphatic rings. The quantitative estimate of drug-likeness (QED) is 0.350. The first-order valence-corrected chi connectivity index (χ1v) is 11.7. The lowest BCUT2D eigenvalue weighted by molar-refractivity contribution is -0.120. The van der Waals surface area contributed by atoms with Crippen molar-refractivity contribution < 1.29 is 4.79 Å². The van der Waals surface area contributed by atoms with Crippen LogP contribution in [0.15, 0.2) is 65.2 Å². The van der Waals surface area contributed by atoms with E-state index in [0.29, 0.717) is 35.0 Å². The number of hydrogen-bond acceptors (Lipinski definition) is 7. The lowest BCUT2D eigenvalue weighted by Gasteiger charge is -2.21. The highest BCUT2D eigenvalue weighted by Crippen LogP contribution is 2.28. The first-order valence-electron chi connectivity index (χ1n) is 11.7. The predicted octanol–water partition coefficient (Wildman–Crippen LogP) is 4.94. The van der Waals surface area contributed by atoms with Crippen LogP contribution in [-0.2, 0) is 4.79 Å². The summed E-state index contributed by atoms with van der Waals surface area (Å²) in [6.45, 7) is 3.53. The SMILES string of the molecule is C/C=C(/C=N)C(=N)CC=Nc1nc(-c2cccc(NC(=O)C3CCNCC3)c2)nc2ccccc12. The Kier molecular flexibility index (Phi) is 7.84. The Morgan fingerprint density at radius 1 is 1.17 bits per heavy atom. The third-order valence-electron chi connectivity index (χ3n) is 6.01. The first-order chi connectivity index (χ1) is 17.1. The van der Waals surface area contributed by atoms with Crippen LogP contribution in [0.2, 0.25) is 0 Å². The zero-order chi connectivity index (χ0) is 24.6. The van der Waals surface area contributed by atoms with Gasteiger partial charge in [0.25, 0.3) is 0 Å². The molecule has 35 heavy (non-hydrogen) atoms. The highest BCUT2D eigenvalue weighted by molar-refractivity contribution is 6.17. The third-order valence-corrected chi connectivity index (χ3v) is 6.01. The molecule has 1 fully saturated rings. The summed E-state index contributed by atoms with van der Waals surface area (Å²) >= 11 is 0. The molecule has 1 saturated heterocycles. The van der Waals surface area contributed by atoms with Gasteiger partial charge in [0.2, 0.25) is 5.91 Å². The molecule has 178 valence electrons. The second kappa shape index (κ2) is 11.4. The normalized spacial score (nSPS) is 14.8. The number of piperidine rings is 1. The molecular formula is C27H29N7O. The summed E-state index contributed by atoms with van der Waals surface area (Å²) < 4.78 is 0. The minimum atomic E-state index is 0.0206. The van der Waals surface area contributed by atoms with Crippen LogP contribution < -0.4 is 10.6 Å². The number of hydrogen-bond donors (Lipinski definition) is 4. The number of allylic oxidation sites excluding steroid dienone is 2. The van der Waals surface area contributed by atoms with Crippen molar-refractivity contribution in [3.63, 3.8) is 0 Å². The number of para-hydroxylation sites is 1. The Labute approximate surface area is 204 Å². The van der Waals surface area contributed by atoms with E-state index < -0.39 is 0 Å². The molecule has 8 nitrogen and oxygen atoms in total. The number of benzene rings is 2. The molecule has 0 unspecified atom stereocenters.